The number of carbonyl (C=O) groups is 4. The maximum Gasteiger partial charge on any atom is 0.339 e. The number of hydrogen-bond acceptors (Lipinski definition) is 11. The van der Waals surface area contributed by atoms with Gasteiger partial charge >= 0.3 is 23.9 Å². The van der Waals surface area contributed by atoms with Gasteiger partial charge in [0, 0.05) is 13.8 Å². The van der Waals surface area contributed by atoms with Crippen LogP contribution in [0.15, 0.2) is 91.0 Å². The van der Waals surface area contributed by atoms with E-state index in [2.05, 4.69) is 0 Å². The van der Waals surface area contributed by atoms with Crippen LogP contribution in [0, 0.1) is 0 Å². The van der Waals surface area contributed by atoms with Gasteiger partial charge in [-0.25, -0.2) is 9.59 Å². The van der Waals surface area contributed by atoms with Crippen LogP contribution in [0.4, 0.5) is 0 Å². The summed E-state index contributed by atoms with van der Waals surface area (Å²) in [7, 11) is 0. The highest BCUT2D eigenvalue weighted by atomic mass is 16.7. The molecule has 0 unspecified atom stereocenters. The SMILES string of the molecule is CCOC(=O)[C@H](O[C@H]1[C@@H](OC(C)=O)O[C@H](COC(C)=O)[C@@H](OCc2ccccc2)[C@@H]1OC(=O)c1ccccc1)c1ccccc1. The van der Waals surface area contributed by atoms with E-state index in [1.54, 1.807) is 67.6 Å². The zero-order chi connectivity index (χ0) is 32.2. The summed E-state index contributed by atoms with van der Waals surface area (Å²) in [6, 6.07) is 26.0. The Kier molecular flexibility index (Phi) is 12.2. The minimum atomic E-state index is -1.51. The molecule has 3 aromatic rings. The summed E-state index contributed by atoms with van der Waals surface area (Å²) in [5.41, 5.74) is 1.47. The molecule has 11 heteroatoms. The van der Waals surface area contributed by atoms with Gasteiger partial charge in [0.15, 0.2) is 18.3 Å². The van der Waals surface area contributed by atoms with E-state index < -0.39 is 60.7 Å². The van der Waals surface area contributed by atoms with Crippen molar-refractivity contribution in [2.24, 2.45) is 0 Å². The van der Waals surface area contributed by atoms with Crippen LogP contribution in [-0.2, 0) is 54.1 Å². The molecule has 0 bridgehead atoms. The molecule has 0 aromatic heterocycles. The Balaban J connectivity index is 1.79. The fourth-order valence-electron chi connectivity index (χ4n) is 4.76. The summed E-state index contributed by atoms with van der Waals surface area (Å²) in [6.07, 6.45) is -7.75. The standard InChI is InChI=1S/C34H36O11/c1-4-39-33(38)28(25-16-10-6-11-17-25)44-31-30(45-32(37)26-18-12-7-13-19-26)29(41-20-24-14-8-5-9-15-24)27(21-40-22(2)35)43-34(31)42-23(3)36/h5-19,27-31,34H,4,20-21H2,1-3H3/t27-,28-,29-,30+,31-,34+/m1/s1. The van der Waals surface area contributed by atoms with E-state index in [1.807, 2.05) is 30.3 Å². The van der Waals surface area contributed by atoms with E-state index in [-0.39, 0.29) is 25.4 Å². The molecule has 1 heterocycles. The molecular weight excluding hydrogens is 584 g/mol. The first-order valence-electron chi connectivity index (χ1n) is 14.5. The normalized spacial score (nSPS) is 21.6. The van der Waals surface area contributed by atoms with Gasteiger partial charge in [-0.15, -0.1) is 0 Å². The van der Waals surface area contributed by atoms with Crippen molar-refractivity contribution in [3.05, 3.63) is 108 Å². The smallest absolute Gasteiger partial charge is 0.339 e. The molecule has 1 saturated heterocycles. The minimum absolute atomic E-state index is 0.0514. The van der Waals surface area contributed by atoms with E-state index in [4.69, 9.17) is 33.2 Å². The average Bonchev–Trinajstić information content (AvgIpc) is 3.04. The first-order chi connectivity index (χ1) is 21.8. The summed E-state index contributed by atoms with van der Waals surface area (Å²) >= 11 is 0. The number of ether oxygens (including phenoxy) is 7. The summed E-state index contributed by atoms with van der Waals surface area (Å²) in [5.74, 6) is -2.78. The third kappa shape index (κ3) is 9.45. The Hall–Kier alpha value is -4.58. The lowest BCUT2D eigenvalue weighted by molar-refractivity contribution is -0.314. The second-order valence-electron chi connectivity index (χ2n) is 10.1. The van der Waals surface area contributed by atoms with E-state index in [0.29, 0.717) is 5.56 Å². The molecule has 0 amide bonds. The lowest BCUT2D eigenvalue weighted by Crippen LogP contribution is -2.63. The predicted molar refractivity (Wildman–Crippen MR) is 158 cm³/mol. The van der Waals surface area contributed by atoms with Crippen molar-refractivity contribution < 1.29 is 52.3 Å². The van der Waals surface area contributed by atoms with Crippen molar-refractivity contribution in [2.45, 2.75) is 64.2 Å². The lowest BCUT2D eigenvalue weighted by atomic mass is 9.97. The van der Waals surface area contributed by atoms with Crippen molar-refractivity contribution in [1.82, 2.24) is 0 Å². The van der Waals surface area contributed by atoms with Gasteiger partial charge in [0.1, 0.15) is 18.8 Å². The van der Waals surface area contributed by atoms with E-state index in [0.717, 1.165) is 5.56 Å². The van der Waals surface area contributed by atoms with Crippen molar-refractivity contribution >= 4 is 23.9 Å². The number of hydrogen-bond donors (Lipinski definition) is 0. The zero-order valence-electron chi connectivity index (χ0n) is 25.2. The summed E-state index contributed by atoms with van der Waals surface area (Å²) in [4.78, 5) is 50.9. The van der Waals surface area contributed by atoms with E-state index >= 15 is 0 Å². The maximum absolute atomic E-state index is 13.5. The molecule has 4 rings (SSSR count). The van der Waals surface area contributed by atoms with Crippen LogP contribution in [0.25, 0.3) is 0 Å². The molecule has 1 aliphatic heterocycles. The lowest BCUT2D eigenvalue weighted by Gasteiger charge is -2.45. The van der Waals surface area contributed by atoms with Gasteiger partial charge in [-0.05, 0) is 30.2 Å². The van der Waals surface area contributed by atoms with Crippen molar-refractivity contribution in [2.75, 3.05) is 13.2 Å². The third-order valence-corrected chi connectivity index (χ3v) is 6.76. The molecule has 11 nitrogen and oxygen atoms in total. The predicted octanol–water partition coefficient (Wildman–Crippen LogP) is 4.34. The van der Waals surface area contributed by atoms with Crippen LogP contribution in [-0.4, -0.2) is 67.8 Å². The maximum atomic E-state index is 13.5. The van der Waals surface area contributed by atoms with Gasteiger partial charge in [0.2, 0.25) is 6.29 Å². The Labute approximate surface area is 261 Å². The summed E-state index contributed by atoms with van der Waals surface area (Å²) in [5, 5.41) is 0. The second kappa shape index (κ2) is 16.5. The Morgan fingerprint density at radius 3 is 1.96 bits per heavy atom. The summed E-state index contributed by atoms with van der Waals surface area (Å²) < 4.78 is 41.0. The fraction of sp³-hybridized carbons (Fsp3) is 0.353. The molecular formula is C34H36O11. The van der Waals surface area contributed by atoms with Crippen molar-refractivity contribution in [3.8, 4) is 0 Å². The molecule has 1 fully saturated rings. The second-order valence-corrected chi connectivity index (χ2v) is 10.1. The van der Waals surface area contributed by atoms with Crippen molar-refractivity contribution in [3.63, 3.8) is 0 Å². The number of rotatable bonds is 13. The average molecular weight is 621 g/mol. The van der Waals surface area contributed by atoms with Gasteiger partial charge in [0.25, 0.3) is 0 Å². The monoisotopic (exact) mass is 620 g/mol. The number of carbonyl (C=O) groups excluding carboxylic acids is 4. The summed E-state index contributed by atoms with van der Waals surface area (Å²) in [6.45, 7) is 3.86. The molecule has 0 saturated carbocycles. The molecule has 0 spiro atoms. The van der Waals surface area contributed by atoms with Crippen LogP contribution in [0.5, 0.6) is 0 Å². The topological polar surface area (TPSA) is 133 Å². The van der Waals surface area contributed by atoms with Crippen LogP contribution in [0.2, 0.25) is 0 Å². The molecule has 238 valence electrons. The Bertz CT molecular complexity index is 1400. The van der Waals surface area contributed by atoms with E-state index in [1.165, 1.54) is 13.8 Å². The fourth-order valence-corrected chi connectivity index (χ4v) is 4.76. The first-order valence-corrected chi connectivity index (χ1v) is 14.5. The highest BCUT2D eigenvalue weighted by molar-refractivity contribution is 5.89. The van der Waals surface area contributed by atoms with Gasteiger partial charge in [-0.3, -0.25) is 9.59 Å². The quantitative estimate of drug-likeness (QED) is 0.200. The first kappa shape index (κ1) is 33.3. The molecule has 0 N–H and O–H groups in total. The molecule has 6 atom stereocenters. The van der Waals surface area contributed by atoms with Crippen molar-refractivity contribution in [1.29, 1.82) is 0 Å². The highest BCUT2D eigenvalue weighted by Gasteiger charge is 2.53. The van der Waals surface area contributed by atoms with E-state index in [9.17, 15) is 19.2 Å². The molecule has 3 aromatic carbocycles. The molecule has 0 radical (unpaired) electrons. The molecule has 1 aliphatic rings. The third-order valence-electron chi connectivity index (χ3n) is 6.76. The Morgan fingerprint density at radius 1 is 0.733 bits per heavy atom. The van der Waals surface area contributed by atoms with Crippen LogP contribution in [0.3, 0.4) is 0 Å². The zero-order valence-corrected chi connectivity index (χ0v) is 25.2. The van der Waals surface area contributed by atoms with Gasteiger partial charge in [0.05, 0.1) is 18.8 Å². The minimum Gasteiger partial charge on any atom is -0.464 e. The van der Waals surface area contributed by atoms with Crippen LogP contribution >= 0.6 is 0 Å². The van der Waals surface area contributed by atoms with Crippen LogP contribution in [0.1, 0.15) is 48.4 Å². The Morgan fingerprint density at radius 2 is 1.36 bits per heavy atom. The molecule has 45 heavy (non-hydrogen) atoms. The van der Waals surface area contributed by atoms with Crippen LogP contribution < -0.4 is 0 Å². The number of esters is 4. The molecule has 0 aliphatic carbocycles. The number of benzene rings is 3. The largest absolute Gasteiger partial charge is 0.464 e. The van der Waals surface area contributed by atoms with Gasteiger partial charge < -0.3 is 33.2 Å². The van der Waals surface area contributed by atoms with Gasteiger partial charge in [-0.1, -0.05) is 78.9 Å². The van der Waals surface area contributed by atoms with Gasteiger partial charge in [-0.2, -0.15) is 0 Å². The highest BCUT2D eigenvalue weighted by Crippen LogP contribution is 2.34.